The summed E-state index contributed by atoms with van der Waals surface area (Å²) >= 11 is 0. The molecule has 1 aromatic carbocycles. The fourth-order valence-corrected chi connectivity index (χ4v) is 1.85. The lowest BCUT2D eigenvalue weighted by Crippen LogP contribution is -2.42. The van der Waals surface area contributed by atoms with Gasteiger partial charge in [-0.15, -0.1) is 0 Å². The number of nitrogens with one attached hydrogen (secondary N) is 1. The van der Waals surface area contributed by atoms with Crippen LogP contribution in [0.4, 0.5) is 0 Å². The van der Waals surface area contributed by atoms with Gasteiger partial charge in [0.25, 0.3) is 0 Å². The van der Waals surface area contributed by atoms with E-state index in [0.717, 1.165) is 19.6 Å². The van der Waals surface area contributed by atoms with Gasteiger partial charge in [0, 0.05) is 44.9 Å². The maximum atomic E-state index is 9.55. The summed E-state index contributed by atoms with van der Waals surface area (Å²) in [6.07, 6.45) is 1.12. The SMILES string of the molecule is O=C(O)C=CC(=O)O.c1ccc(CN2CCNCC2)cc1. The summed E-state index contributed by atoms with van der Waals surface area (Å²) in [6.45, 7) is 5.71. The molecular formula is C15H20N2O4. The fourth-order valence-electron chi connectivity index (χ4n) is 1.85. The van der Waals surface area contributed by atoms with Gasteiger partial charge in [0.15, 0.2) is 0 Å². The highest BCUT2D eigenvalue weighted by molar-refractivity contribution is 5.89. The Morgan fingerprint density at radius 2 is 1.57 bits per heavy atom. The van der Waals surface area contributed by atoms with E-state index in [1.54, 1.807) is 0 Å². The Kier molecular flexibility index (Phi) is 7.78. The number of carboxylic acids is 2. The third-order valence-electron chi connectivity index (χ3n) is 2.83. The van der Waals surface area contributed by atoms with Gasteiger partial charge in [0.05, 0.1) is 0 Å². The molecule has 0 saturated carbocycles. The molecule has 1 aliphatic rings. The Morgan fingerprint density at radius 1 is 1.05 bits per heavy atom. The van der Waals surface area contributed by atoms with Crippen molar-refractivity contribution >= 4 is 11.9 Å². The average Bonchev–Trinajstić information content (AvgIpc) is 2.48. The predicted octanol–water partition coefficient (Wildman–Crippen LogP) is 0.804. The summed E-state index contributed by atoms with van der Waals surface area (Å²) in [6, 6.07) is 10.7. The van der Waals surface area contributed by atoms with E-state index in [2.05, 4.69) is 40.5 Å². The van der Waals surface area contributed by atoms with E-state index in [-0.39, 0.29) is 0 Å². The standard InChI is InChI=1S/C11H16N2.C4H4O4/c1-2-4-11(5-3-1)10-13-8-6-12-7-9-13;5-3(6)1-2-4(7)8/h1-5,12H,6-10H2;1-2H,(H,5,6)(H,7,8). The molecule has 0 bridgehead atoms. The van der Waals surface area contributed by atoms with Gasteiger partial charge in [-0.2, -0.15) is 0 Å². The molecule has 3 N–H and O–H groups in total. The number of nitrogens with zero attached hydrogens (tertiary/aromatic N) is 1. The van der Waals surface area contributed by atoms with Crippen molar-refractivity contribution in [2.45, 2.75) is 6.54 Å². The van der Waals surface area contributed by atoms with Crippen molar-refractivity contribution in [2.75, 3.05) is 26.2 Å². The van der Waals surface area contributed by atoms with Gasteiger partial charge in [-0.05, 0) is 5.56 Å². The molecule has 1 heterocycles. The van der Waals surface area contributed by atoms with Crippen LogP contribution in [0, 0.1) is 0 Å². The van der Waals surface area contributed by atoms with Crippen LogP contribution >= 0.6 is 0 Å². The summed E-state index contributed by atoms with van der Waals surface area (Å²) in [5, 5.41) is 19.0. The highest BCUT2D eigenvalue weighted by atomic mass is 16.4. The molecule has 6 heteroatoms. The Morgan fingerprint density at radius 3 is 2.05 bits per heavy atom. The van der Waals surface area contributed by atoms with Crippen LogP contribution in [0.3, 0.4) is 0 Å². The van der Waals surface area contributed by atoms with Crippen molar-refractivity contribution < 1.29 is 19.8 Å². The van der Waals surface area contributed by atoms with Gasteiger partial charge >= 0.3 is 11.9 Å². The maximum Gasteiger partial charge on any atom is 0.328 e. The second-order valence-corrected chi connectivity index (χ2v) is 4.52. The number of carboxylic acid groups (broad SMARTS) is 2. The summed E-state index contributed by atoms with van der Waals surface area (Å²) in [7, 11) is 0. The van der Waals surface area contributed by atoms with E-state index < -0.39 is 11.9 Å². The fraction of sp³-hybridized carbons (Fsp3) is 0.333. The quantitative estimate of drug-likeness (QED) is 0.711. The van der Waals surface area contributed by atoms with Gasteiger partial charge < -0.3 is 15.5 Å². The second-order valence-electron chi connectivity index (χ2n) is 4.52. The van der Waals surface area contributed by atoms with Gasteiger partial charge in [0.2, 0.25) is 0 Å². The molecule has 114 valence electrons. The van der Waals surface area contributed by atoms with Crippen LogP contribution in [0.2, 0.25) is 0 Å². The third-order valence-corrected chi connectivity index (χ3v) is 2.83. The summed E-state index contributed by atoms with van der Waals surface area (Å²) in [5.74, 6) is -2.51. The van der Waals surface area contributed by atoms with Gasteiger partial charge in [-0.1, -0.05) is 30.3 Å². The third kappa shape index (κ3) is 8.56. The van der Waals surface area contributed by atoms with Crippen molar-refractivity contribution in [3.63, 3.8) is 0 Å². The first kappa shape index (κ1) is 16.9. The number of rotatable bonds is 4. The molecule has 0 aromatic heterocycles. The van der Waals surface area contributed by atoms with Crippen LogP contribution in [-0.2, 0) is 16.1 Å². The first-order chi connectivity index (χ1) is 10.1. The minimum Gasteiger partial charge on any atom is -0.478 e. The zero-order chi connectivity index (χ0) is 15.5. The Balaban J connectivity index is 0.000000240. The van der Waals surface area contributed by atoms with E-state index in [9.17, 15) is 9.59 Å². The van der Waals surface area contributed by atoms with E-state index in [1.165, 1.54) is 18.7 Å². The number of carbonyl (C=O) groups is 2. The lowest BCUT2D eigenvalue weighted by Gasteiger charge is -2.27. The molecule has 1 aliphatic heterocycles. The van der Waals surface area contributed by atoms with Crippen molar-refractivity contribution in [3.8, 4) is 0 Å². The number of hydrogen-bond acceptors (Lipinski definition) is 4. The zero-order valence-electron chi connectivity index (χ0n) is 11.7. The van der Waals surface area contributed by atoms with Crippen molar-refractivity contribution in [2.24, 2.45) is 0 Å². The Labute approximate surface area is 123 Å². The Hall–Kier alpha value is -2.18. The molecule has 0 amide bonds. The second kappa shape index (κ2) is 9.68. The predicted molar refractivity (Wildman–Crippen MR) is 79.0 cm³/mol. The van der Waals surface area contributed by atoms with Gasteiger partial charge in [0.1, 0.15) is 0 Å². The van der Waals surface area contributed by atoms with Crippen molar-refractivity contribution in [1.82, 2.24) is 10.2 Å². The minimum absolute atomic E-state index is 0.558. The topological polar surface area (TPSA) is 89.9 Å². The molecule has 6 nitrogen and oxygen atoms in total. The Bertz CT molecular complexity index is 452. The van der Waals surface area contributed by atoms with E-state index in [4.69, 9.17) is 10.2 Å². The summed E-state index contributed by atoms with van der Waals surface area (Å²) in [5.41, 5.74) is 1.42. The molecule has 1 saturated heterocycles. The summed E-state index contributed by atoms with van der Waals surface area (Å²) in [4.78, 5) is 21.6. The monoisotopic (exact) mass is 292 g/mol. The zero-order valence-corrected chi connectivity index (χ0v) is 11.7. The number of hydrogen-bond donors (Lipinski definition) is 3. The first-order valence-corrected chi connectivity index (χ1v) is 6.69. The van der Waals surface area contributed by atoms with Gasteiger partial charge in [-0.3, -0.25) is 4.90 Å². The van der Waals surface area contributed by atoms with Crippen LogP contribution in [0.1, 0.15) is 5.56 Å². The molecule has 2 rings (SSSR count). The largest absolute Gasteiger partial charge is 0.478 e. The smallest absolute Gasteiger partial charge is 0.328 e. The molecule has 1 aromatic rings. The van der Waals surface area contributed by atoms with Crippen LogP contribution in [-0.4, -0.2) is 53.2 Å². The summed E-state index contributed by atoms with van der Waals surface area (Å²) < 4.78 is 0. The first-order valence-electron chi connectivity index (χ1n) is 6.69. The van der Waals surface area contributed by atoms with E-state index in [0.29, 0.717) is 12.2 Å². The van der Waals surface area contributed by atoms with E-state index in [1.807, 2.05) is 0 Å². The molecule has 0 unspecified atom stereocenters. The molecular weight excluding hydrogens is 272 g/mol. The molecule has 1 fully saturated rings. The molecule has 0 spiro atoms. The van der Waals surface area contributed by atoms with Crippen LogP contribution in [0.25, 0.3) is 0 Å². The highest BCUT2D eigenvalue weighted by Gasteiger charge is 2.08. The van der Waals surface area contributed by atoms with Gasteiger partial charge in [-0.25, -0.2) is 9.59 Å². The minimum atomic E-state index is -1.26. The number of benzene rings is 1. The van der Waals surface area contributed by atoms with Crippen LogP contribution < -0.4 is 5.32 Å². The maximum absolute atomic E-state index is 9.55. The van der Waals surface area contributed by atoms with Crippen LogP contribution in [0.15, 0.2) is 42.5 Å². The van der Waals surface area contributed by atoms with E-state index >= 15 is 0 Å². The van der Waals surface area contributed by atoms with Crippen molar-refractivity contribution in [3.05, 3.63) is 48.0 Å². The van der Waals surface area contributed by atoms with Crippen molar-refractivity contribution in [1.29, 1.82) is 0 Å². The lowest BCUT2D eigenvalue weighted by molar-refractivity contribution is -0.134. The average molecular weight is 292 g/mol. The number of aliphatic carboxylic acids is 2. The number of piperazine rings is 1. The molecule has 0 aliphatic carbocycles. The molecule has 0 atom stereocenters. The highest BCUT2D eigenvalue weighted by Crippen LogP contribution is 2.04. The molecule has 21 heavy (non-hydrogen) atoms. The van der Waals surface area contributed by atoms with Crippen LogP contribution in [0.5, 0.6) is 0 Å². The normalized spacial score (nSPS) is 15.2. The molecule has 0 radical (unpaired) electrons. The lowest BCUT2D eigenvalue weighted by atomic mass is 10.2.